The molecule has 188 valence electrons. The van der Waals surface area contributed by atoms with Crippen LogP contribution in [-0.4, -0.2) is 40.3 Å². The van der Waals surface area contributed by atoms with Gasteiger partial charge in [0.25, 0.3) is 10.0 Å². The molecule has 0 amide bonds. The lowest BCUT2D eigenvalue weighted by molar-refractivity contribution is -0.137. The second kappa shape index (κ2) is 9.66. The van der Waals surface area contributed by atoms with Gasteiger partial charge in [-0.25, -0.2) is 18.4 Å². The van der Waals surface area contributed by atoms with Gasteiger partial charge in [0.2, 0.25) is 5.09 Å². The Bertz CT molecular complexity index is 1500. The van der Waals surface area contributed by atoms with Crippen molar-refractivity contribution in [1.82, 2.24) is 19.7 Å². The highest BCUT2D eigenvalue weighted by Gasteiger charge is 2.31. The fourth-order valence-electron chi connectivity index (χ4n) is 3.42. The van der Waals surface area contributed by atoms with E-state index in [4.69, 9.17) is 4.42 Å². The highest BCUT2D eigenvalue weighted by atomic mass is 32.2. The van der Waals surface area contributed by atoms with Gasteiger partial charge in [-0.1, -0.05) is 0 Å². The van der Waals surface area contributed by atoms with Gasteiger partial charge in [0, 0.05) is 41.5 Å². The Kier molecular flexibility index (Phi) is 6.78. The molecule has 3 heterocycles. The third-order valence-corrected chi connectivity index (χ3v) is 6.72. The lowest BCUT2D eigenvalue weighted by Crippen LogP contribution is -2.38. The molecule has 0 saturated heterocycles. The number of Topliss-reactive ketones (excluding diaryl/α,β-unsaturated/α-hetero) is 1. The maximum Gasteiger partial charge on any atom is 0.416 e. The first-order valence-corrected chi connectivity index (χ1v) is 12.0. The van der Waals surface area contributed by atoms with Gasteiger partial charge in [0.15, 0.2) is 5.78 Å². The monoisotopic (exact) mass is 520 g/mol. The summed E-state index contributed by atoms with van der Waals surface area (Å²) in [6, 6.07) is 5.72. The number of halogens is 3. The molecule has 0 radical (unpaired) electrons. The maximum absolute atomic E-state index is 12.8. The molecule has 0 aliphatic rings. The Balaban J connectivity index is 1.41. The minimum absolute atomic E-state index is 0.0696. The number of phenolic OH excluding ortho intramolecular Hbond substituents is 1. The van der Waals surface area contributed by atoms with Crippen LogP contribution in [0.5, 0.6) is 5.75 Å². The summed E-state index contributed by atoms with van der Waals surface area (Å²) in [7, 11) is -4.11. The number of pyridine rings is 1. The van der Waals surface area contributed by atoms with Gasteiger partial charge in [-0.2, -0.15) is 17.9 Å². The lowest BCUT2D eigenvalue weighted by Gasteiger charge is -2.12. The van der Waals surface area contributed by atoms with Crippen molar-refractivity contribution in [2.75, 3.05) is 0 Å². The number of fused-ring (bicyclic) bond motifs is 1. The number of aryl methyl sites for hydroxylation is 1. The summed E-state index contributed by atoms with van der Waals surface area (Å²) >= 11 is 0. The van der Waals surface area contributed by atoms with E-state index < -0.39 is 39.3 Å². The SMILES string of the molecule is C[C@H](NS(=O)(=O)c1cc2cnccc2o1)C(=O)CCc1cc(-c2ccc(C(F)(F)F)cc2O)ncn1. The molecule has 4 rings (SSSR count). The normalized spacial score (nSPS) is 13.1. The first-order valence-electron chi connectivity index (χ1n) is 10.5. The van der Waals surface area contributed by atoms with Gasteiger partial charge in [0.05, 0.1) is 17.3 Å². The van der Waals surface area contributed by atoms with Crippen LogP contribution in [0.4, 0.5) is 13.2 Å². The second-order valence-corrected chi connectivity index (χ2v) is 9.56. The number of phenols is 1. The number of benzene rings is 1. The molecule has 4 aromatic rings. The number of furan rings is 1. The van der Waals surface area contributed by atoms with E-state index in [0.29, 0.717) is 22.7 Å². The quantitative estimate of drug-likeness (QED) is 0.357. The molecule has 1 atom stereocenters. The van der Waals surface area contributed by atoms with Crippen LogP contribution >= 0.6 is 0 Å². The van der Waals surface area contributed by atoms with E-state index in [1.165, 1.54) is 37.5 Å². The number of aromatic nitrogens is 3. The molecule has 2 N–H and O–H groups in total. The van der Waals surface area contributed by atoms with Crippen molar-refractivity contribution in [1.29, 1.82) is 0 Å². The zero-order chi connectivity index (χ0) is 26.1. The molecular formula is C23H19F3N4O5S. The number of hydrogen-bond donors (Lipinski definition) is 2. The molecular weight excluding hydrogens is 501 g/mol. The summed E-state index contributed by atoms with van der Waals surface area (Å²) in [6.45, 7) is 1.40. The van der Waals surface area contributed by atoms with Gasteiger partial charge in [0.1, 0.15) is 17.7 Å². The number of carbonyl (C=O) groups is 1. The maximum atomic E-state index is 12.8. The number of rotatable bonds is 8. The molecule has 13 heteroatoms. The molecule has 0 aliphatic carbocycles. The average molecular weight is 520 g/mol. The Morgan fingerprint density at radius 1 is 1.17 bits per heavy atom. The number of ketones is 1. The number of hydrogen-bond acceptors (Lipinski definition) is 8. The molecule has 0 aliphatic heterocycles. The van der Waals surface area contributed by atoms with Crippen molar-refractivity contribution in [3.63, 3.8) is 0 Å². The minimum atomic E-state index is -4.60. The summed E-state index contributed by atoms with van der Waals surface area (Å²) in [4.78, 5) is 24.5. The molecule has 0 unspecified atom stereocenters. The predicted octanol–water partition coefficient (Wildman–Crippen LogP) is 3.88. The summed E-state index contributed by atoms with van der Waals surface area (Å²) in [5.74, 6) is -1.02. The van der Waals surface area contributed by atoms with Crippen molar-refractivity contribution in [2.45, 2.75) is 37.1 Å². The Labute approximate surface area is 203 Å². The number of sulfonamides is 1. The van der Waals surface area contributed by atoms with E-state index in [-0.39, 0.29) is 29.2 Å². The third kappa shape index (κ3) is 5.52. The van der Waals surface area contributed by atoms with Crippen LogP contribution in [-0.2, 0) is 27.4 Å². The average Bonchev–Trinajstić information content (AvgIpc) is 3.27. The summed E-state index contributed by atoms with van der Waals surface area (Å²) in [5.41, 5.74) is -0.0400. The lowest BCUT2D eigenvalue weighted by atomic mass is 10.0. The largest absolute Gasteiger partial charge is 0.507 e. The Morgan fingerprint density at radius 2 is 1.94 bits per heavy atom. The molecule has 0 bridgehead atoms. The van der Waals surface area contributed by atoms with Crippen LogP contribution < -0.4 is 4.72 Å². The van der Waals surface area contributed by atoms with Crippen molar-refractivity contribution < 1.29 is 35.9 Å². The summed E-state index contributed by atoms with van der Waals surface area (Å²) in [5, 5.41) is 10.2. The topological polar surface area (TPSA) is 135 Å². The highest BCUT2D eigenvalue weighted by molar-refractivity contribution is 7.89. The van der Waals surface area contributed by atoms with Crippen molar-refractivity contribution in [3.05, 3.63) is 66.4 Å². The van der Waals surface area contributed by atoms with Crippen LogP contribution in [0.15, 0.2) is 64.6 Å². The Hall–Kier alpha value is -3.84. The van der Waals surface area contributed by atoms with Crippen LogP contribution in [0.2, 0.25) is 0 Å². The van der Waals surface area contributed by atoms with Crippen LogP contribution in [0, 0.1) is 0 Å². The van der Waals surface area contributed by atoms with Gasteiger partial charge in [-0.3, -0.25) is 9.78 Å². The van der Waals surface area contributed by atoms with E-state index in [1.54, 1.807) is 0 Å². The third-order valence-electron chi connectivity index (χ3n) is 5.33. The molecule has 36 heavy (non-hydrogen) atoms. The second-order valence-electron chi connectivity index (χ2n) is 7.91. The Morgan fingerprint density at radius 3 is 2.64 bits per heavy atom. The highest BCUT2D eigenvalue weighted by Crippen LogP contribution is 2.36. The van der Waals surface area contributed by atoms with Crippen LogP contribution in [0.1, 0.15) is 24.6 Å². The molecule has 0 fully saturated rings. The molecule has 0 spiro atoms. The van der Waals surface area contributed by atoms with Gasteiger partial charge >= 0.3 is 6.18 Å². The first-order chi connectivity index (χ1) is 16.9. The molecule has 3 aromatic heterocycles. The predicted molar refractivity (Wildman–Crippen MR) is 121 cm³/mol. The zero-order valence-corrected chi connectivity index (χ0v) is 19.5. The summed E-state index contributed by atoms with van der Waals surface area (Å²) in [6.07, 6.45) is -0.505. The van der Waals surface area contributed by atoms with Crippen molar-refractivity contribution in [2.24, 2.45) is 0 Å². The number of alkyl halides is 3. The van der Waals surface area contributed by atoms with E-state index >= 15 is 0 Å². The van der Waals surface area contributed by atoms with Gasteiger partial charge in [-0.05, 0) is 43.7 Å². The number of carbonyl (C=O) groups excluding carboxylic acids is 1. The zero-order valence-electron chi connectivity index (χ0n) is 18.7. The number of aromatic hydroxyl groups is 1. The van der Waals surface area contributed by atoms with Crippen molar-refractivity contribution >= 4 is 26.8 Å². The first kappa shape index (κ1) is 25.3. The van der Waals surface area contributed by atoms with Gasteiger partial charge < -0.3 is 9.52 Å². The number of nitrogens with one attached hydrogen (secondary N) is 1. The molecule has 0 saturated carbocycles. The van der Waals surface area contributed by atoms with Crippen LogP contribution in [0.25, 0.3) is 22.2 Å². The molecule has 1 aromatic carbocycles. The molecule has 9 nitrogen and oxygen atoms in total. The summed E-state index contributed by atoms with van der Waals surface area (Å²) < 4.78 is 71.4. The standard InChI is InChI=1S/C23H19F3N4O5S/c1-13(30-36(33,34)22-8-14-11-27-7-6-21(14)35-22)19(31)5-3-16-10-18(29-12-28-16)17-4-2-15(9-20(17)32)23(24,25)26/h2,4,6-13,30,32H,3,5H2,1H3/t13-/m0/s1. The van der Waals surface area contributed by atoms with E-state index in [1.807, 2.05) is 0 Å². The van der Waals surface area contributed by atoms with Crippen LogP contribution in [0.3, 0.4) is 0 Å². The van der Waals surface area contributed by atoms with Gasteiger partial charge in [-0.15, -0.1) is 0 Å². The van der Waals surface area contributed by atoms with E-state index in [9.17, 15) is 31.5 Å². The van der Waals surface area contributed by atoms with E-state index in [2.05, 4.69) is 19.7 Å². The smallest absolute Gasteiger partial charge is 0.416 e. The minimum Gasteiger partial charge on any atom is -0.507 e. The van der Waals surface area contributed by atoms with Crippen molar-refractivity contribution in [3.8, 4) is 17.0 Å². The fourth-order valence-corrected chi connectivity index (χ4v) is 4.62. The number of nitrogens with zero attached hydrogens (tertiary/aromatic N) is 3. The van der Waals surface area contributed by atoms with E-state index in [0.717, 1.165) is 18.5 Å². The fraction of sp³-hybridized carbons (Fsp3) is 0.217.